The number of fused-ring (bicyclic) bond motifs is 1. The van der Waals surface area contributed by atoms with Gasteiger partial charge in [0.15, 0.2) is 5.13 Å². The van der Waals surface area contributed by atoms with Gasteiger partial charge in [-0.2, -0.15) is 0 Å². The molecule has 2 heterocycles. The second kappa shape index (κ2) is 6.75. The zero-order chi connectivity index (χ0) is 14.7. The molecule has 2 atom stereocenters. The fraction of sp³-hybridized carbons (Fsp3) is 0.733. The maximum atomic E-state index is 11.3. The molecule has 1 saturated heterocycles. The minimum absolute atomic E-state index is 0.368. The van der Waals surface area contributed by atoms with Crippen molar-refractivity contribution in [2.24, 2.45) is 0 Å². The summed E-state index contributed by atoms with van der Waals surface area (Å²) in [6, 6.07) is 0. The second-order valence-corrected chi connectivity index (χ2v) is 6.90. The molecule has 6 heteroatoms. The van der Waals surface area contributed by atoms with Crippen molar-refractivity contribution >= 4 is 22.4 Å². The van der Waals surface area contributed by atoms with Crippen molar-refractivity contribution in [2.45, 2.75) is 57.0 Å². The molecule has 2 N–H and O–H groups in total. The summed E-state index contributed by atoms with van der Waals surface area (Å²) < 4.78 is 5.71. The van der Waals surface area contributed by atoms with E-state index < -0.39 is 11.9 Å². The first-order chi connectivity index (χ1) is 10.2. The van der Waals surface area contributed by atoms with Gasteiger partial charge in [-0.25, -0.2) is 4.98 Å². The molecule has 0 bridgehead atoms. The van der Waals surface area contributed by atoms with Gasteiger partial charge in [0.25, 0.3) is 0 Å². The Morgan fingerprint density at radius 3 is 3.05 bits per heavy atom. The Morgan fingerprint density at radius 2 is 2.29 bits per heavy atom. The smallest absolute Gasteiger partial charge is 0.312 e. The van der Waals surface area contributed by atoms with E-state index >= 15 is 0 Å². The number of nitrogens with zero attached hydrogens (tertiary/aromatic N) is 1. The number of hydrogen-bond donors (Lipinski definition) is 2. The molecule has 2 aliphatic rings. The van der Waals surface area contributed by atoms with Crippen molar-refractivity contribution in [2.75, 3.05) is 18.5 Å². The van der Waals surface area contributed by atoms with Crippen LogP contribution in [0.2, 0.25) is 0 Å². The normalized spacial score (nSPS) is 25.3. The highest BCUT2D eigenvalue weighted by Gasteiger charge is 2.29. The summed E-state index contributed by atoms with van der Waals surface area (Å²) in [7, 11) is 0. The number of aromatic nitrogens is 1. The molecule has 0 spiro atoms. The first-order valence-electron chi connectivity index (χ1n) is 7.82. The summed E-state index contributed by atoms with van der Waals surface area (Å²) >= 11 is 1.62. The average Bonchev–Trinajstić information content (AvgIpc) is 2.90. The maximum absolute atomic E-state index is 11.3. The van der Waals surface area contributed by atoms with Crippen LogP contribution in [0, 0.1) is 0 Å². The summed E-state index contributed by atoms with van der Waals surface area (Å²) in [5.74, 6) is -1.16. The van der Waals surface area contributed by atoms with E-state index in [0.29, 0.717) is 12.5 Å². The van der Waals surface area contributed by atoms with Gasteiger partial charge in [0, 0.05) is 18.0 Å². The molecule has 0 saturated carbocycles. The van der Waals surface area contributed by atoms with Crippen molar-refractivity contribution in [3.05, 3.63) is 10.6 Å². The second-order valence-electron chi connectivity index (χ2n) is 5.81. The summed E-state index contributed by atoms with van der Waals surface area (Å²) in [4.78, 5) is 16.9. The fourth-order valence-corrected chi connectivity index (χ4v) is 4.20. The van der Waals surface area contributed by atoms with Gasteiger partial charge in [0.1, 0.15) is 5.92 Å². The van der Waals surface area contributed by atoms with Crippen LogP contribution >= 0.6 is 11.3 Å². The predicted octanol–water partition coefficient (Wildman–Crippen LogP) is 3.02. The fourth-order valence-electron chi connectivity index (χ4n) is 3.11. The molecule has 1 fully saturated rings. The molecule has 3 rings (SSSR count). The molecular formula is C15H22N2O3S. The van der Waals surface area contributed by atoms with Crippen LogP contribution < -0.4 is 5.32 Å². The van der Waals surface area contributed by atoms with Crippen LogP contribution in [0.3, 0.4) is 0 Å². The SMILES string of the molecule is O=C(O)C1CCCc2sc(NCCC3CCCCO3)nc21. The Balaban J connectivity index is 1.55. The monoisotopic (exact) mass is 310 g/mol. The Labute approximate surface area is 128 Å². The van der Waals surface area contributed by atoms with E-state index in [-0.39, 0.29) is 0 Å². The van der Waals surface area contributed by atoms with Crippen LogP contribution in [0.25, 0.3) is 0 Å². The van der Waals surface area contributed by atoms with Gasteiger partial charge in [-0.15, -0.1) is 11.3 Å². The van der Waals surface area contributed by atoms with E-state index in [1.807, 2.05) is 0 Å². The predicted molar refractivity (Wildman–Crippen MR) is 82.1 cm³/mol. The lowest BCUT2D eigenvalue weighted by atomic mass is 9.91. The minimum atomic E-state index is -0.747. The number of nitrogens with one attached hydrogen (secondary N) is 1. The van der Waals surface area contributed by atoms with Gasteiger partial charge in [0.2, 0.25) is 0 Å². The summed E-state index contributed by atoms with van der Waals surface area (Å²) in [5.41, 5.74) is 0.787. The van der Waals surface area contributed by atoms with Crippen molar-refractivity contribution in [1.82, 2.24) is 4.98 Å². The van der Waals surface area contributed by atoms with E-state index in [0.717, 1.165) is 54.5 Å². The van der Waals surface area contributed by atoms with Crippen LogP contribution in [-0.2, 0) is 16.0 Å². The highest BCUT2D eigenvalue weighted by atomic mass is 32.1. The summed E-state index contributed by atoms with van der Waals surface area (Å²) in [6.45, 7) is 1.73. The zero-order valence-electron chi connectivity index (χ0n) is 12.1. The lowest BCUT2D eigenvalue weighted by Gasteiger charge is -2.22. The lowest BCUT2D eigenvalue weighted by Crippen LogP contribution is -2.22. The molecule has 0 aromatic carbocycles. The van der Waals surface area contributed by atoms with E-state index in [9.17, 15) is 9.90 Å². The molecule has 2 unspecified atom stereocenters. The van der Waals surface area contributed by atoms with Crippen LogP contribution in [0.4, 0.5) is 5.13 Å². The molecule has 116 valence electrons. The molecule has 1 aromatic rings. The van der Waals surface area contributed by atoms with E-state index in [1.54, 1.807) is 11.3 Å². The maximum Gasteiger partial charge on any atom is 0.312 e. The highest BCUT2D eigenvalue weighted by Crippen LogP contribution is 2.36. The van der Waals surface area contributed by atoms with Crippen molar-refractivity contribution < 1.29 is 14.6 Å². The van der Waals surface area contributed by atoms with Crippen molar-refractivity contribution in [1.29, 1.82) is 0 Å². The third kappa shape index (κ3) is 3.55. The molecule has 21 heavy (non-hydrogen) atoms. The van der Waals surface area contributed by atoms with Gasteiger partial charge in [-0.1, -0.05) is 0 Å². The van der Waals surface area contributed by atoms with Crippen LogP contribution in [0.15, 0.2) is 0 Å². The topological polar surface area (TPSA) is 71.5 Å². The number of carboxylic acids is 1. The zero-order valence-corrected chi connectivity index (χ0v) is 13.0. The number of carboxylic acid groups (broad SMARTS) is 1. The first-order valence-corrected chi connectivity index (χ1v) is 8.63. The highest BCUT2D eigenvalue weighted by molar-refractivity contribution is 7.15. The van der Waals surface area contributed by atoms with E-state index in [4.69, 9.17) is 4.74 Å². The number of hydrogen-bond acceptors (Lipinski definition) is 5. The molecule has 1 aliphatic heterocycles. The standard InChI is InChI=1S/C15H22N2O3S/c18-14(19)11-5-3-6-12-13(11)17-15(21-12)16-8-7-10-4-1-2-9-20-10/h10-11H,1-9H2,(H,16,17)(H,18,19). The van der Waals surface area contributed by atoms with E-state index in [2.05, 4.69) is 10.3 Å². The van der Waals surface area contributed by atoms with E-state index in [1.165, 1.54) is 12.8 Å². The minimum Gasteiger partial charge on any atom is -0.481 e. The Morgan fingerprint density at radius 1 is 1.38 bits per heavy atom. The molecule has 0 radical (unpaired) electrons. The van der Waals surface area contributed by atoms with Gasteiger partial charge >= 0.3 is 5.97 Å². The average molecular weight is 310 g/mol. The van der Waals surface area contributed by atoms with Gasteiger partial charge in [-0.3, -0.25) is 4.79 Å². The third-order valence-corrected chi connectivity index (χ3v) is 5.36. The quantitative estimate of drug-likeness (QED) is 0.874. The van der Waals surface area contributed by atoms with Crippen molar-refractivity contribution in [3.63, 3.8) is 0 Å². The third-order valence-electron chi connectivity index (χ3n) is 4.27. The number of thiazole rings is 1. The molecule has 1 aromatic heterocycles. The van der Waals surface area contributed by atoms with Crippen LogP contribution in [-0.4, -0.2) is 35.3 Å². The molecular weight excluding hydrogens is 288 g/mol. The Bertz CT molecular complexity index is 497. The number of aliphatic carboxylic acids is 1. The molecule has 5 nitrogen and oxygen atoms in total. The Hall–Kier alpha value is -1.14. The number of anilines is 1. The largest absolute Gasteiger partial charge is 0.481 e. The molecule has 0 amide bonds. The first kappa shape index (κ1) is 14.8. The van der Waals surface area contributed by atoms with Gasteiger partial charge < -0.3 is 15.2 Å². The number of carbonyl (C=O) groups is 1. The number of ether oxygens (including phenoxy) is 1. The Kier molecular flexibility index (Phi) is 4.75. The molecule has 1 aliphatic carbocycles. The number of aryl methyl sites for hydroxylation is 1. The van der Waals surface area contributed by atoms with Crippen molar-refractivity contribution in [3.8, 4) is 0 Å². The van der Waals surface area contributed by atoms with Crippen LogP contribution in [0.5, 0.6) is 0 Å². The lowest BCUT2D eigenvalue weighted by molar-refractivity contribution is -0.139. The van der Waals surface area contributed by atoms with Crippen LogP contribution in [0.1, 0.15) is 55.0 Å². The number of rotatable bonds is 5. The van der Waals surface area contributed by atoms with Gasteiger partial charge in [0.05, 0.1) is 11.8 Å². The van der Waals surface area contributed by atoms with Gasteiger partial charge in [-0.05, 0) is 44.9 Å². The summed E-state index contributed by atoms with van der Waals surface area (Å²) in [5, 5.41) is 13.5. The summed E-state index contributed by atoms with van der Waals surface area (Å²) in [6.07, 6.45) is 7.57.